The van der Waals surface area contributed by atoms with Gasteiger partial charge in [-0.3, -0.25) is 14.9 Å². The molecule has 0 fully saturated rings. The van der Waals surface area contributed by atoms with Crippen molar-refractivity contribution in [1.29, 1.82) is 0 Å². The van der Waals surface area contributed by atoms with Gasteiger partial charge in [-0.1, -0.05) is 24.3 Å². The first kappa shape index (κ1) is 12.6. The predicted molar refractivity (Wildman–Crippen MR) is 79.7 cm³/mol. The summed E-state index contributed by atoms with van der Waals surface area (Å²) >= 11 is 0. The molecule has 0 radical (unpaired) electrons. The fraction of sp³-hybridized carbons (Fsp3) is 0.0714. The molecule has 2 aromatic carbocycles. The SMILES string of the molecule is Cn1c(=O)c2ccccc2[s+]1-c1ccccc1[N+](=O)[O-]. The first-order valence-electron chi connectivity index (χ1n) is 5.96. The van der Waals surface area contributed by atoms with E-state index in [-0.39, 0.29) is 11.2 Å². The highest BCUT2D eigenvalue weighted by Crippen LogP contribution is 2.41. The molecular formula is C14H11N2O3S+. The van der Waals surface area contributed by atoms with Crippen LogP contribution in [0.4, 0.5) is 5.69 Å². The molecule has 0 aliphatic rings. The van der Waals surface area contributed by atoms with Gasteiger partial charge in [0.1, 0.15) is 16.1 Å². The first-order valence-corrected chi connectivity index (χ1v) is 7.14. The quantitative estimate of drug-likeness (QED) is 0.413. The van der Waals surface area contributed by atoms with E-state index in [4.69, 9.17) is 0 Å². The van der Waals surface area contributed by atoms with Gasteiger partial charge in [0.05, 0.1) is 12.0 Å². The molecule has 5 nitrogen and oxygen atoms in total. The van der Waals surface area contributed by atoms with E-state index in [1.165, 1.54) is 6.07 Å². The Bertz CT molecular complexity index is 880. The van der Waals surface area contributed by atoms with Gasteiger partial charge in [-0.05, 0) is 6.07 Å². The largest absolute Gasteiger partial charge is 0.330 e. The summed E-state index contributed by atoms with van der Waals surface area (Å²) in [6.07, 6.45) is 0. The van der Waals surface area contributed by atoms with Crippen molar-refractivity contribution < 1.29 is 4.92 Å². The van der Waals surface area contributed by atoms with Crippen molar-refractivity contribution in [2.75, 3.05) is 0 Å². The Kier molecular flexibility index (Phi) is 2.87. The van der Waals surface area contributed by atoms with Crippen LogP contribution in [-0.4, -0.2) is 8.88 Å². The molecule has 100 valence electrons. The normalized spacial score (nSPS) is 11.8. The lowest BCUT2D eigenvalue weighted by molar-refractivity contribution is -0.383. The standard InChI is InChI=1S/C14H11N2O3S/c1-15-14(17)10-6-2-4-8-12(10)20(15)13-9-5-3-7-11(13)16(18)19/h2-9H,1H3/q+1. The Morgan fingerprint density at radius 2 is 1.75 bits per heavy atom. The van der Waals surface area contributed by atoms with Crippen molar-refractivity contribution in [2.45, 2.75) is 0 Å². The van der Waals surface area contributed by atoms with Gasteiger partial charge in [0, 0.05) is 18.2 Å². The Balaban J connectivity index is 2.45. The Morgan fingerprint density at radius 1 is 1.10 bits per heavy atom. The van der Waals surface area contributed by atoms with Gasteiger partial charge in [-0.2, -0.15) is 0 Å². The van der Waals surface area contributed by atoms with Crippen LogP contribution in [0.1, 0.15) is 0 Å². The monoisotopic (exact) mass is 287 g/mol. The lowest BCUT2D eigenvalue weighted by Gasteiger charge is -1.95. The summed E-state index contributed by atoms with van der Waals surface area (Å²) in [7, 11) is 0.952. The molecule has 0 N–H and O–H groups in total. The third-order valence-corrected chi connectivity index (χ3v) is 5.40. The number of fused-ring (bicyclic) bond motifs is 1. The van der Waals surface area contributed by atoms with Gasteiger partial charge in [0.25, 0.3) is 4.90 Å². The molecule has 1 atom stereocenters. The highest BCUT2D eigenvalue weighted by atomic mass is 32.2. The van der Waals surface area contributed by atoms with Crippen LogP contribution in [0.3, 0.4) is 0 Å². The van der Waals surface area contributed by atoms with Gasteiger partial charge in [0.2, 0.25) is 4.70 Å². The number of nitro groups is 1. The zero-order chi connectivity index (χ0) is 14.3. The van der Waals surface area contributed by atoms with Crippen molar-refractivity contribution in [1.82, 2.24) is 3.96 Å². The lowest BCUT2D eigenvalue weighted by atomic mass is 10.3. The molecule has 0 amide bonds. The molecule has 1 unspecified atom stereocenters. The average Bonchev–Trinajstić information content (AvgIpc) is 2.71. The topological polar surface area (TPSA) is 65.1 Å². The van der Waals surface area contributed by atoms with Crippen molar-refractivity contribution in [2.24, 2.45) is 7.05 Å². The summed E-state index contributed by atoms with van der Waals surface area (Å²) in [5, 5.41) is 11.8. The highest BCUT2D eigenvalue weighted by Gasteiger charge is 2.30. The second kappa shape index (κ2) is 4.57. The van der Waals surface area contributed by atoms with Crippen LogP contribution in [0.25, 0.3) is 15.0 Å². The van der Waals surface area contributed by atoms with E-state index in [1.54, 1.807) is 41.3 Å². The van der Waals surface area contributed by atoms with E-state index in [0.717, 1.165) is 4.70 Å². The molecule has 0 bridgehead atoms. The molecule has 0 saturated heterocycles. The zero-order valence-electron chi connectivity index (χ0n) is 10.6. The number of hydrogen-bond acceptors (Lipinski definition) is 3. The third-order valence-electron chi connectivity index (χ3n) is 3.16. The van der Waals surface area contributed by atoms with Crippen LogP contribution < -0.4 is 5.56 Å². The molecule has 0 aliphatic heterocycles. The van der Waals surface area contributed by atoms with E-state index in [1.807, 2.05) is 12.1 Å². The predicted octanol–water partition coefficient (Wildman–Crippen LogP) is 3.19. The third kappa shape index (κ3) is 1.73. The van der Waals surface area contributed by atoms with Crippen LogP contribution in [0.2, 0.25) is 0 Å². The van der Waals surface area contributed by atoms with Crippen LogP contribution >= 0.6 is 10.7 Å². The van der Waals surface area contributed by atoms with E-state index >= 15 is 0 Å². The number of nitrogens with zero attached hydrogens (tertiary/aromatic N) is 2. The van der Waals surface area contributed by atoms with E-state index in [9.17, 15) is 14.9 Å². The van der Waals surface area contributed by atoms with E-state index in [0.29, 0.717) is 10.3 Å². The van der Waals surface area contributed by atoms with Crippen LogP contribution in [-0.2, 0) is 7.05 Å². The number of hydrogen-bond donors (Lipinski definition) is 0. The van der Waals surface area contributed by atoms with Gasteiger partial charge in [-0.25, -0.2) is 0 Å². The fourth-order valence-electron chi connectivity index (χ4n) is 2.25. The number of nitro benzene ring substituents is 1. The van der Waals surface area contributed by atoms with E-state index < -0.39 is 15.6 Å². The molecule has 3 aromatic rings. The number of benzene rings is 2. The summed E-state index contributed by atoms with van der Waals surface area (Å²) in [4.78, 5) is 23.6. The van der Waals surface area contributed by atoms with Crippen molar-refractivity contribution in [3.8, 4) is 4.90 Å². The molecule has 0 aliphatic carbocycles. The minimum Gasteiger partial charge on any atom is -0.264 e. The smallest absolute Gasteiger partial charge is 0.264 e. The van der Waals surface area contributed by atoms with Gasteiger partial charge >= 0.3 is 11.2 Å². The fourth-order valence-corrected chi connectivity index (χ4v) is 4.46. The second-order valence-electron chi connectivity index (χ2n) is 4.31. The molecular weight excluding hydrogens is 276 g/mol. The summed E-state index contributed by atoms with van der Waals surface area (Å²) in [6.45, 7) is 0. The van der Waals surface area contributed by atoms with Crippen molar-refractivity contribution in [3.63, 3.8) is 0 Å². The average molecular weight is 287 g/mol. The van der Waals surface area contributed by atoms with Crippen molar-refractivity contribution >= 4 is 26.4 Å². The lowest BCUT2D eigenvalue weighted by Crippen LogP contribution is -2.09. The second-order valence-corrected chi connectivity index (χ2v) is 6.30. The van der Waals surface area contributed by atoms with Crippen LogP contribution in [0.5, 0.6) is 0 Å². The number of para-hydroxylation sites is 1. The Hall–Kier alpha value is -2.47. The first-order chi connectivity index (χ1) is 9.61. The molecule has 20 heavy (non-hydrogen) atoms. The maximum absolute atomic E-state index is 12.2. The molecule has 0 saturated carbocycles. The number of aromatic nitrogens is 1. The molecule has 3 rings (SSSR count). The van der Waals surface area contributed by atoms with E-state index in [2.05, 4.69) is 0 Å². The summed E-state index contributed by atoms with van der Waals surface area (Å²) in [5.74, 6) is 0. The summed E-state index contributed by atoms with van der Waals surface area (Å²) in [6, 6.07) is 13.8. The maximum atomic E-state index is 12.2. The number of rotatable bonds is 2. The molecule has 1 heterocycles. The minimum atomic E-state index is -0.730. The molecule has 6 heteroatoms. The maximum Gasteiger partial charge on any atom is 0.330 e. The zero-order valence-corrected chi connectivity index (χ0v) is 11.5. The van der Waals surface area contributed by atoms with Crippen LogP contribution in [0, 0.1) is 10.1 Å². The molecule has 0 spiro atoms. The Morgan fingerprint density at radius 3 is 2.50 bits per heavy atom. The molecule has 1 aromatic heterocycles. The van der Waals surface area contributed by atoms with Crippen LogP contribution in [0.15, 0.2) is 53.3 Å². The summed E-state index contributed by atoms with van der Waals surface area (Å²) in [5.41, 5.74) is -0.0470. The minimum absolute atomic E-state index is 0.0483. The Labute approximate surface area is 117 Å². The summed E-state index contributed by atoms with van der Waals surface area (Å²) < 4.78 is 2.42. The highest BCUT2D eigenvalue weighted by molar-refractivity contribution is 7.41. The van der Waals surface area contributed by atoms with Crippen molar-refractivity contribution in [3.05, 3.63) is 69.0 Å². The van der Waals surface area contributed by atoms with Gasteiger partial charge < -0.3 is 0 Å². The van der Waals surface area contributed by atoms with Gasteiger partial charge in [0.15, 0.2) is 0 Å². The van der Waals surface area contributed by atoms with Gasteiger partial charge in [-0.15, -0.1) is 3.96 Å².